The largest absolute Gasteiger partial charge is 0.416 e. The van der Waals surface area contributed by atoms with Crippen LogP contribution in [0.2, 0.25) is 0 Å². The van der Waals surface area contributed by atoms with Crippen molar-refractivity contribution in [1.29, 1.82) is 0 Å². The molecule has 2 rings (SSSR count). The van der Waals surface area contributed by atoms with E-state index in [9.17, 15) is 35.9 Å². The monoisotopic (exact) mass is 500 g/mol. The third-order valence-electron chi connectivity index (χ3n) is 4.41. The maximum Gasteiger partial charge on any atom is 0.416 e. The molecule has 0 aliphatic rings. The van der Waals surface area contributed by atoms with Crippen molar-refractivity contribution in [1.82, 2.24) is 10.6 Å². The predicted octanol–water partition coefficient (Wildman–Crippen LogP) is 5.22. The van der Waals surface area contributed by atoms with E-state index in [0.717, 1.165) is 24.3 Å². The van der Waals surface area contributed by atoms with E-state index in [4.69, 9.17) is 23.2 Å². The van der Waals surface area contributed by atoms with E-state index in [2.05, 4.69) is 10.6 Å². The van der Waals surface area contributed by atoms with Gasteiger partial charge in [-0.05, 0) is 23.3 Å². The van der Waals surface area contributed by atoms with Crippen LogP contribution in [0.4, 0.5) is 26.3 Å². The summed E-state index contributed by atoms with van der Waals surface area (Å²) in [4.78, 5) is 24.1. The number of hydrogen-bond donors (Lipinski definition) is 2. The standard InChI is InChI=1S/C20H16Cl2F6N2O2/c21-9-15(31)29-17(11-5-1-3-7-13(11)19(23,24)25)18(30-16(32)10-22)12-6-2-4-8-14(12)20(26,27)28/h1-8,17-18H,9-10H2,(H,29,31)(H,30,32)/t17-,18-/m0/s1. The van der Waals surface area contributed by atoms with Crippen LogP contribution < -0.4 is 10.6 Å². The van der Waals surface area contributed by atoms with Crippen molar-refractivity contribution in [3.8, 4) is 0 Å². The fourth-order valence-corrected chi connectivity index (χ4v) is 3.31. The van der Waals surface area contributed by atoms with Gasteiger partial charge in [0.2, 0.25) is 11.8 Å². The van der Waals surface area contributed by atoms with Crippen LogP contribution in [-0.4, -0.2) is 23.6 Å². The maximum atomic E-state index is 13.7. The van der Waals surface area contributed by atoms with Gasteiger partial charge in [-0.15, -0.1) is 23.2 Å². The third kappa shape index (κ3) is 6.29. The number of benzene rings is 2. The van der Waals surface area contributed by atoms with Crippen LogP contribution >= 0.6 is 23.2 Å². The molecule has 2 aromatic carbocycles. The predicted molar refractivity (Wildman–Crippen MR) is 106 cm³/mol. The molecular formula is C20H16Cl2F6N2O2. The number of carbonyl (C=O) groups is 2. The lowest BCUT2D eigenvalue weighted by atomic mass is 9.87. The Bertz CT molecular complexity index is 888. The van der Waals surface area contributed by atoms with Crippen molar-refractivity contribution in [2.24, 2.45) is 0 Å². The van der Waals surface area contributed by atoms with Crippen LogP contribution in [0, 0.1) is 0 Å². The summed E-state index contributed by atoms with van der Waals surface area (Å²) in [5.41, 5.74) is -3.52. The molecule has 0 saturated heterocycles. The van der Waals surface area contributed by atoms with Gasteiger partial charge in [0.15, 0.2) is 0 Å². The molecule has 0 aliphatic heterocycles. The Labute approximate surface area is 188 Å². The summed E-state index contributed by atoms with van der Waals surface area (Å²) in [6, 6.07) is 4.53. The molecule has 0 radical (unpaired) electrons. The van der Waals surface area contributed by atoms with Gasteiger partial charge in [-0.3, -0.25) is 9.59 Å². The zero-order chi connectivity index (χ0) is 24.1. The van der Waals surface area contributed by atoms with Crippen LogP contribution in [0.25, 0.3) is 0 Å². The van der Waals surface area contributed by atoms with Gasteiger partial charge in [-0.2, -0.15) is 26.3 Å². The molecule has 0 heterocycles. The van der Waals surface area contributed by atoms with E-state index in [0.29, 0.717) is 12.1 Å². The zero-order valence-corrected chi connectivity index (χ0v) is 17.5. The van der Waals surface area contributed by atoms with E-state index >= 15 is 0 Å². The first-order valence-corrected chi connectivity index (χ1v) is 10.00. The topological polar surface area (TPSA) is 58.2 Å². The molecular weight excluding hydrogens is 485 g/mol. The Morgan fingerprint density at radius 3 is 1.28 bits per heavy atom. The first-order valence-electron chi connectivity index (χ1n) is 8.93. The van der Waals surface area contributed by atoms with Gasteiger partial charge < -0.3 is 10.6 Å². The fourth-order valence-electron chi connectivity index (χ4n) is 3.16. The lowest BCUT2D eigenvalue weighted by Crippen LogP contribution is -2.43. The SMILES string of the molecule is O=C(CCl)N[C@@H](c1ccccc1C(F)(F)F)[C@@H](NC(=O)CCl)c1ccccc1C(F)(F)F. The molecule has 32 heavy (non-hydrogen) atoms. The van der Waals surface area contributed by atoms with Gasteiger partial charge in [0.05, 0.1) is 23.2 Å². The number of carbonyl (C=O) groups excluding carboxylic acids is 2. The molecule has 0 aromatic heterocycles. The molecule has 2 atom stereocenters. The first kappa shape index (κ1) is 25.8. The summed E-state index contributed by atoms with van der Waals surface area (Å²) in [5.74, 6) is -3.27. The van der Waals surface area contributed by atoms with E-state index in [1.165, 1.54) is 12.1 Å². The summed E-state index contributed by atoms with van der Waals surface area (Å²) in [7, 11) is 0. The van der Waals surface area contributed by atoms with Crippen LogP contribution in [-0.2, 0) is 21.9 Å². The van der Waals surface area contributed by atoms with Gasteiger partial charge in [0, 0.05) is 0 Å². The highest BCUT2D eigenvalue weighted by molar-refractivity contribution is 6.27. The molecule has 12 heteroatoms. The highest BCUT2D eigenvalue weighted by Gasteiger charge is 2.41. The Hall–Kier alpha value is -2.46. The zero-order valence-electron chi connectivity index (χ0n) is 16.0. The smallest absolute Gasteiger partial charge is 0.346 e. The lowest BCUT2D eigenvalue weighted by Gasteiger charge is -2.32. The number of halogens is 8. The maximum absolute atomic E-state index is 13.7. The molecule has 0 aliphatic carbocycles. The molecule has 2 aromatic rings. The van der Waals surface area contributed by atoms with Gasteiger partial charge >= 0.3 is 12.4 Å². The molecule has 174 valence electrons. The molecule has 0 bridgehead atoms. The van der Waals surface area contributed by atoms with Crippen molar-refractivity contribution in [2.45, 2.75) is 24.4 Å². The number of amides is 2. The van der Waals surface area contributed by atoms with E-state index in [-0.39, 0.29) is 0 Å². The second-order valence-corrected chi connectivity index (χ2v) is 7.06. The number of rotatable bonds is 7. The molecule has 0 saturated carbocycles. The minimum Gasteiger partial charge on any atom is -0.346 e. The summed E-state index contributed by atoms with van der Waals surface area (Å²) in [6.45, 7) is 0. The highest BCUT2D eigenvalue weighted by atomic mass is 35.5. The van der Waals surface area contributed by atoms with Crippen LogP contribution in [0.3, 0.4) is 0 Å². The van der Waals surface area contributed by atoms with Crippen molar-refractivity contribution < 1.29 is 35.9 Å². The van der Waals surface area contributed by atoms with Crippen LogP contribution in [0.5, 0.6) is 0 Å². The van der Waals surface area contributed by atoms with E-state index < -0.39 is 70.3 Å². The number of nitrogens with one attached hydrogen (secondary N) is 2. The lowest BCUT2D eigenvalue weighted by molar-refractivity contribution is -0.140. The van der Waals surface area contributed by atoms with Crippen molar-refractivity contribution in [2.75, 3.05) is 11.8 Å². The van der Waals surface area contributed by atoms with Gasteiger partial charge in [-0.1, -0.05) is 36.4 Å². The molecule has 0 unspecified atom stereocenters. The van der Waals surface area contributed by atoms with Crippen molar-refractivity contribution in [3.63, 3.8) is 0 Å². The summed E-state index contributed by atoms with van der Waals surface area (Å²) < 4.78 is 82.0. The summed E-state index contributed by atoms with van der Waals surface area (Å²) >= 11 is 11.0. The quantitative estimate of drug-likeness (QED) is 0.404. The third-order valence-corrected chi connectivity index (χ3v) is 4.90. The second-order valence-electron chi connectivity index (χ2n) is 6.53. The van der Waals surface area contributed by atoms with Crippen LogP contribution in [0.15, 0.2) is 48.5 Å². The van der Waals surface area contributed by atoms with Crippen molar-refractivity contribution in [3.05, 3.63) is 70.8 Å². The average molecular weight is 501 g/mol. The Morgan fingerprint density at radius 1 is 0.688 bits per heavy atom. The normalized spacial score (nSPS) is 13.9. The van der Waals surface area contributed by atoms with E-state index in [1.54, 1.807) is 0 Å². The Morgan fingerprint density at radius 2 is 1.00 bits per heavy atom. The molecule has 0 fully saturated rings. The van der Waals surface area contributed by atoms with Crippen molar-refractivity contribution >= 4 is 35.0 Å². The first-order chi connectivity index (χ1) is 14.9. The minimum absolute atomic E-state index is 0.560. The fraction of sp³-hybridized carbons (Fsp3) is 0.300. The van der Waals surface area contributed by atoms with E-state index in [1.807, 2.05) is 0 Å². The van der Waals surface area contributed by atoms with Gasteiger partial charge in [0.25, 0.3) is 0 Å². The number of alkyl halides is 8. The van der Waals surface area contributed by atoms with Gasteiger partial charge in [0.1, 0.15) is 11.8 Å². The van der Waals surface area contributed by atoms with Gasteiger partial charge in [-0.25, -0.2) is 0 Å². The minimum atomic E-state index is -4.90. The molecule has 2 amide bonds. The van der Waals surface area contributed by atoms with Crippen LogP contribution in [0.1, 0.15) is 34.3 Å². The summed E-state index contributed by atoms with van der Waals surface area (Å²) in [5, 5.41) is 4.41. The molecule has 4 nitrogen and oxygen atoms in total. The second kappa shape index (κ2) is 10.4. The highest BCUT2D eigenvalue weighted by Crippen LogP contribution is 2.42. The Kier molecular flexibility index (Phi) is 8.41. The molecule has 2 N–H and O–H groups in total. The number of hydrogen-bond acceptors (Lipinski definition) is 2. The molecule has 0 spiro atoms. The Balaban J connectivity index is 2.80. The average Bonchev–Trinajstić information content (AvgIpc) is 2.74. The summed E-state index contributed by atoms with van der Waals surface area (Å²) in [6.07, 6.45) is -9.80.